The predicted molar refractivity (Wildman–Crippen MR) is 119 cm³/mol. The summed E-state index contributed by atoms with van der Waals surface area (Å²) in [6, 6.07) is 18.4. The normalized spacial score (nSPS) is 11.1. The number of amides is 1. The molecule has 2 aromatic heterocycles. The molecule has 4 aromatic rings. The molecular weight excluding hydrogens is 400 g/mol. The molecule has 1 N–H and O–H groups in total. The van der Waals surface area contributed by atoms with Crippen LogP contribution in [0.4, 0.5) is 0 Å². The van der Waals surface area contributed by atoms with Gasteiger partial charge in [0.15, 0.2) is 4.34 Å². The Morgan fingerprint density at radius 1 is 1.10 bits per heavy atom. The lowest BCUT2D eigenvalue weighted by molar-refractivity contribution is -0.118. The van der Waals surface area contributed by atoms with Gasteiger partial charge >= 0.3 is 0 Å². The fraction of sp³-hybridized carbons (Fsp3) is 0.227. The molecule has 7 heteroatoms. The van der Waals surface area contributed by atoms with Crippen LogP contribution in [-0.2, 0) is 17.9 Å². The molecule has 0 aliphatic carbocycles. The quantitative estimate of drug-likeness (QED) is 0.443. The van der Waals surface area contributed by atoms with E-state index in [1.165, 1.54) is 17.3 Å². The first-order chi connectivity index (χ1) is 14.1. The third kappa shape index (κ3) is 5.05. The Morgan fingerprint density at radius 2 is 1.93 bits per heavy atom. The van der Waals surface area contributed by atoms with Gasteiger partial charge in [0, 0.05) is 12.2 Å². The van der Waals surface area contributed by atoms with Crippen LogP contribution in [-0.4, -0.2) is 26.4 Å². The summed E-state index contributed by atoms with van der Waals surface area (Å²) in [6.07, 6.45) is 0. The van der Waals surface area contributed by atoms with Gasteiger partial charge in [-0.3, -0.25) is 9.48 Å². The van der Waals surface area contributed by atoms with Crippen LogP contribution in [0, 0.1) is 13.8 Å². The Labute approximate surface area is 178 Å². The maximum atomic E-state index is 12.3. The van der Waals surface area contributed by atoms with Crippen LogP contribution in [0.15, 0.2) is 58.9 Å². The molecule has 0 fully saturated rings. The predicted octanol–water partition coefficient (Wildman–Crippen LogP) is 4.57. The van der Waals surface area contributed by atoms with Gasteiger partial charge in [-0.25, -0.2) is 4.98 Å². The van der Waals surface area contributed by atoms with E-state index in [2.05, 4.69) is 46.6 Å². The molecule has 0 spiro atoms. The van der Waals surface area contributed by atoms with Crippen molar-refractivity contribution < 1.29 is 4.79 Å². The van der Waals surface area contributed by atoms with Crippen molar-refractivity contribution >= 4 is 39.2 Å². The molecule has 0 bridgehead atoms. The number of thiazole rings is 1. The molecule has 5 nitrogen and oxygen atoms in total. The van der Waals surface area contributed by atoms with Crippen molar-refractivity contribution in [3.63, 3.8) is 0 Å². The molecular formula is C22H22N4OS2. The van der Waals surface area contributed by atoms with E-state index in [0.717, 1.165) is 38.1 Å². The molecule has 1 amide bonds. The summed E-state index contributed by atoms with van der Waals surface area (Å²) in [6.45, 7) is 5.31. The number of benzene rings is 2. The molecule has 0 radical (unpaired) electrons. The van der Waals surface area contributed by atoms with Gasteiger partial charge in [0.2, 0.25) is 5.91 Å². The third-order valence-corrected chi connectivity index (χ3v) is 6.70. The first-order valence-corrected chi connectivity index (χ1v) is 11.2. The van der Waals surface area contributed by atoms with Gasteiger partial charge in [-0.1, -0.05) is 48.2 Å². The van der Waals surface area contributed by atoms with E-state index in [1.807, 2.05) is 41.9 Å². The van der Waals surface area contributed by atoms with Gasteiger partial charge in [-0.05, 0) is 43.2 Å². The largest absolute Gasteiger partial charge is 0.351 e. The summed E-state index contributed by atoms with van der Waals surface area (Å²) in [4.78, 5) is 16.8. The number of aryl methyl sites for hydroxylation is 2. The number of thioether (sulfide) groups is 1. The van der Waals surface area contributed by atoms with Crippen molar-refractivity contribution in [2.75, 3.05) is 5.75 Å². The van der Waals surface area contributed by atoms with Crippen molar-refractivity contribution in [3.05, 3.63) is 77.1 Å². The maximum absolute atomic E-state index is 12.3. The van der Waals surface area contributed by atoms with Crippen LogP contribution in [0.25, 0.3) is 10.2 Å². The monoisotopic (exact) mass is 422 g/mol. The number of rotatable bonds is 7. The summed E-state index contributed by atoms with van der Waals surface area (Å²) in [7, 11) is 0. The SMILES string of the molecule is Cc1cc(C)n(Cc2cccc(CNC(=O)CSc3nc4ccccc4s3)c2)n1. The number of fused-ring (bicyclic) bond motifs is 1. The van der Waals surface area contributed by atoms with Crippen LogP contribution < -0.4 is 5.32 Å². The Bertz CT molecular complexity index is 1120. The summed E-state index contributed by atoms with van der Waals surface area (Å²) in [5.74, 6) is 0.379. The Hall–Kier alpha value is -2.64. The highest BCUT2D eigenvalue weighted by Gasteiger charge is 2.08. The zero-order valence-electron chi connectivity index (χ0n) is 16.4. The smallest absolute Gasteiger partial charge is 0.230 e. The van der Waals surface area contributed by atoms with Gasteiger partial charge in [-0.2, -0.15) is 5.10 Å². The summed E-state index contributed by atoms with van der Waals surface area (Å²) >= 11 is 3.11. The fourth-order valence-corrected chi connectivity index (χ4v) is 5.04. The highest BCUT2D eigenvalue weighted by atomic mass is 32.2. The van der Waals surface area contributed by atoms with Gasteiger partial charge in [0.05, 0.1) is 28.2 Å². The van der Waals surface area contributed by atoms with Crippen LogP contribution in [0.1, 0.15) is 22.5 Å². The molecule has 2 heterocycles. The Balaban J connectivity index is 1.30. The Morgan fingerprint density at radius 3 is 2.72 bits per heavy atom. The number of hydrogen-bond acceptors (Lipinski definition) is 5. The third-order valence-electron chi connectivity index (χ3n) is 4.52. The van der Waals surface area contributed by atoms with Crippen LogP contribution in [0.2, 0.25) is 0 Å². The topological polar surface area (TPSA) is 59.8 Å². The molecule has 0 saturated carbocycles. The van der Waals surface area contributed by atoms with Crippen LogP contribution in [0.5, 0.6) is 0 Å². The second kappa shape index (κ2) is 8.80. The van der Waals surface area contributed by atoms with E-state index in [0.29, 0.717) is 12.3 Å². The molecule has 29 heavy (non-hydrogen) atoms. The lowest BCUT2D eigenvalue weighted by atomic mass is 10.1. The van der Waals surface area contributed by atoms with Gasteiger partial charge in [0.25, 0.3) is 0 Å². The molecule has 2 aromatic carbocycles. The summed E-state index contributed by atoms with van der Waals surface area (Å²) in [5.41, 5.74) is 5.42. The van der Waals surface area contributed by atoms with E-state index in [4.69, 9.17) is 0 Å². The van der Waals surface area contributed by atoms with E-state index in [9.17, 15) is 4.79 Å². The zero-order valence-corrected chi connectivity index (χ0v) is 18.0. The molecule has 148 valence electrons. The lowest BCUT2D eigenvalue weighted by Gasteiger charge is -2.08. The van der Waals surface area contributed by atoms with E-state index in [-0.39, 0.29) is 5.91 Å². The van der Waals surface area contributed by atoms with Gasteiger partial charge < -0.3 is 5.32 Å². The van der Waals surface area contributed by atoms with Crippen molar-refractivity contribution in [1.29, 1.82) is 0 Å². The number of para-hydroxylation sites is 1. The van der Waals surface area contributed by atoms with Crippen molar-refractivity contribution in [2.24, 2.45) is 0 Å². The second-order valence-electron chi connectivity index (χ2n) is 6.92. The summed E-state index contributed by atoms with van der Waals surface area (Å²) < 4.78 is 4.07. The van der Waals surface area contributed by atoms with Crippen LogP contribution >= 0.6 is 23.1 Å². The number of nitrogens with zero attached hydrogens (tertiary/aromatic N) is 3. The molecule has 0 unspecified atom stereocenters. The molecule has 0 aliphatic heterocycles. The van der Waals surface area contributed by atoms with Crippen molar-refractivity contribution in [2.45, 2.75) is 31.3 Å². The average molecular weight is 423 g/mol. The number of aromatic nitrogens is 3. The molecule has 0 atom stereocenters. The maximum Gasteiger partial charge on any atom is 0.230 e. The van der Waals surface area contributed by atoms with Crippen LogP contribution in [0.3, 0.4) is 0 Å². The Kier molecular flexibility index (Phi) is 5.97. The minimum absolute atomic E-state index is 0.0122. The van der Waals surface area contributed by atoms with E-state index in [1.54, 1.807) is 11.3 Å². The van der Waals surface area contributed by atoms with Crippen molar-refractivity contribution in [1.82, 2.24) is 20.1 Å². The minimum atomic E-state index is 0.0122. The number of nitrogens with one attached hydrogen (secondary N) is 1. The van der Waals surface area contributed by atoms with Gasteiger partial charge in [-0.15, -0.1) is 11.3 Å². The first kappa shape index (κ1) is 19.7. The molecule has 4 rings (SSSR count). The number of hydrogen-bond donors (Lipinski definition) is 1. The molecule has 0 saturated heterocycles. The number of carbonyl (C=O) groups excluding carboxylic acids is 1. The minimum Gasteiger partial charge on any atom is -0.351 e. The summed E-state index contributed by atoms with van der Waals surface area (Å²) in [5, 5.41) is 7.52. The van der Waals surface area contributed by atoms with E-state index < -0.39 is 0 Å². The first-order valence-electron chi connectivity index (χ1n) is 9.41. The average Bonchev–Trinajstić information content (AvgIpc) is 3.27. The van der Waals surface area contributed by atoms with E-state index >= 15 is 0 Å². The lowest BCUT2D eigenvalue weighted by Crippen LogP contribution is -2.24. The van der Waals surface area contributed by atoms with Crippen molar-refractivity contribution in [3.8, 4) is 0 Å². The standard InChI is InChI=1S/C22H22N4OS2/c1-15-10-16(2)26(25-15)13-18-7-5-6-17(11-18)12-23-21(27)14-28-22-24-19-8-3-4-9-20(19)29-22/h3-11H,12-14H2,1-2H3,(H,23,27). The second-order valence-corrected chi connectivity index (χ2v) is 9.17. The fourth-order valence-electron chi connectivity index (χ4n) is 3.14. The highest BCUT2D eigenvalue weighted by Crippen LogP contribution is 2.29. The molecule has 0 aliphatic rings. The highest BCUT2D eigenvalue weighted by molar-refractivity contribution is 8.01. The van der Waals surface area contributed by atoms with Gasteiger partial charge in [0.1, 0.15) is 0 Å². The number of carbonyl (C=O) groups is 1. The zero-order chi connectivity index (χ0) is 20.2.